The quantitative estimate of drug-likeness (QED) is 0.715. The van der Waals surface area contributed by atoms with E-state index in [-0.39, 0.29) is 5.91 Å². The van der Waals surface area contributed by atoms with Gasteiger partial charge in [0.2, 0.25) is 0 Å². The Morgan fingerprint density at radius 2 is 1.78 bits per heavy atom. The molecule has 0 aliphatic carbocycles. The van der Waals surface area contributed by atoms with Gasteiger partial charge < -0.3 is 4.90 Å². The molecule has 0 atom stereocenters. The van der Waals surface area contributed by atoms with Gasteiger partial charge in [0.05, 0.1) is 16.8 Å². The Bertz CT molecular complexity index is 880. The molecule has 23 heavy (non-hydrogen) atoms. The number of aromatic nitrogens is 1. The van der Waals surface area contributed by atoms with Crippen LogP contribution in [-0.4, -0.2) is 28.9 Å². The van der Waals surface area contributed by atoms with Crippen molar-refractivity contribution in [3.63, 3.8) is 0 Å². The van der Waals surface area contributed by atoms with Crippen LogP contribution < -0.4 is 0 Å². The van der Waals surface area contributed by atoms with Crippen LogP contribution in [0.3, 0.4) is 0 Å². The van der Waals surface area contributed by atoms with Gasteiger partial charge in [0, 0.05) is 24.0 Å². The molecule has 1 aliphatic rings. The fourth-order valence-corrected chi connectivity index (χ4v) is 2.91. The highest BCUT2D eigenvalue weighted by Crippen LogP contribution is 2.27. The van der Waals surface area contributed by atoms with Crippen LogP contribution in [-0.2, 0) is 0 Å². The van der Waals surface area contributed by atoms with Crippen molar-refractivity contribution in [3.05, 3.63) is 65.7 Å². The highest BCUT2D eigenvalue weighted by Gasteiger charge is 2.24. The second-order valence-corrected chi connectivity index (χ2v) is 6.08. The van der Waals surface area contributed by atoms with E-state index in [1.807, 2.05) is 35.2 Å². The molecule has 4 rings (SSSR count). The minimum Gasteiger partial charge on any atom is -0.338 e. The summed E-state index contributed by atoms with van der Waals surface area (Å²) in [5, 5.41) is 0.931. The number of aryl methyl sites for hydroxylation is 1. The Labute approximate surface area is 135 Å². The van der Waals surface area contributed by atoms with Crippen molar-refractivity contribution in [3.8, 4) is 11.3 Å². The molecule has 1 aromatic heterocycles. The number of pyridine rings is 1. The summed E-state index contributed by atoms with van der Waals surface area (Å²) in [6.07, 6.45) is 1.10. The van der Waals surface area contributed by atoms with Crippen molar-refractivity contribution in [2.24, 2.45) is 0 Å². The lowest BCUT2D eigenvalue weighted by Gasteiger charge is -2.31. The van der Waals surface area contributed by atoms with E-state index in [1.54, 1.807) is 0 Å². The monoisotopic (exact) mass is 302 g/mol. The van der Waals surface area contributed by atoms with Gasteiger partial charge in [-0.1, -0.05) is 48.0 Å². The molecule has 1 saturated heterocycles. The fraction of sp³-hybridized carbons (Fsp3) is 0.200. The van der Waals surface area contributed by atoms with Gasteiger partial charge in [0.15, 0.2) is 0 Å². The van der Waals surface area contributed by atoms with Gasteiger partial charge in [-0.3, -0.25) is 4.79 Å². The molecule has 1 fully saturated rings. The first-order valence-corrected chi connectivity index (χ1v) is 7.98. The van der Waals surface area contributed by atoms with E-state index in [2.05, 4.69) is 31.2 Å². The first kappa shape index (κ1) is 13.9. The van der Waals surface area contributed by atoms with Gasteiger partial charge in [0.25, 0.3) is 5.91 Å². The third-order valence-corrected chi connectivity index (χ3v) is 4.44. The van der Waals surface area contributed by atoms with Crippen molar-refractivity contribution < 1.29 is 4.79 Å². The Hall–Kier alpha value is -2.68. The first-order chi connectivity index (χ1) is 11.2. The maximum absolute atomic E-state index is 12.8. The van der Waals surface area contributed by atoms with Gasteiger partial charge in [-0.25, -0.2) is 4.98 Å². The zero-order valence-corrected chi connectivity index (χ0v) is 13.1. The van der Waals surface area contributed by atoms with E-state index in [0.717, 1.165) is 47.2 Å². The predicted molar refractivity (Wildman–Crippen MR) is 92.4 cm³/mol. The van der Waals surface area contributed by atoms with Crippen molar-refractivity contribution >= 4 is 16.8 Å². The molecule has 0 bridgehead atoms. The molecular formula is C20H18N2O. The molecule has 3 heteroatoms. The molecule has 0 spiro atoms. The third-order valence-electron chi connectivity index (χ3n) is 4.44. The SMILES string of the molecule is Cc1ccc(-c2cc(C(=O)N3CCC3)c3ccccc3n2)cc1. The van der Waals surface area contributed by atoms with Crippen molar-refractivity contribution in [2.75, 3.05) is 13.1 Å². The van der Waals surface area contributed by atoms with Gasteiger partial charge in [0.1, 0.15) is 0 Å². The first-order valence-electron chi connectivity index (χ1n) is 7.98. The summed E-state index contributed by atoms with van der Waals surface area (Å²) >= 11 is 0. The molecule has 3 aromatic rings. The number of benzene rings is 2. The number of hydrogen-bond donors (Lipinski definition) is 0. The van der Waals surface area contributed by atoms with E-state index >= 15 is 0 Å². The number of nitrogens with zero attached hydrogens (tertiary/aromatic N) is 2. The van der Waals surface area contributed by atoms with E-state index in [0.29, 0.717) is 0 Å². The molecular weight excluding hydrogens is 284 g/mol. The number of carbonyl (C=O) groups excluding carboxylic acids is 1. The zero-order chi connectivity index (χ0) is 15.8. The summed E-state index contributed by atoms with van der Waals surface area (Å²) in [5.41, 5.74) is 4.73. The minimum absolute atomic E-state index is 0.114. The standard InChI is InChI=1S/C20H18N2O/c1-14-7-9-15(10-8-14)19-13-17(20(23)22-11-4-12-22)16-5-2-3-6-18(16)21-19/h2-3,5-10,13H,4,11-12H2,1H3. The molecule has 2 aromatic carbocycles. The second-order valence-electron chi connectivity index (χ2n) is 6.08. The third kappa shape index (κ3) is 2.48. The van der Waals surface area contributed by atoms with E-state index in [9.17, 15) is 4.79 Å². The van der Waals surface area contributed by atoms with Crippen molar-refractivity contribution in [2.45, 2.75) is 13.3 Å². The smallest absolute Gasteiger partial charge is 0.254 e. The molecule has 114 valence electrons. The molecule has 0 unspecified atom stereocenters. The van der Waals surface area contributed by atoms with Gasteiger partial charge in [-0.2, -0.15) is 0 Å². The van der Waals surface area contributed by atoms with Crippen molar-refractivity contribution in [1.82, 2.24) is 9.88 Å². The molecule has 0 saturated carbocycles. The van der Waals surface area contributed by atoms with E-state index in [4.69, 9.17) is 4.98 Å². The Balaban J connectivity index is 1.89. The highest BCUT2D eigenvalue weighted by atomic mass is 16.2. The summed E-state index contributed by atoms with van der Waals surface area (Å²) in [7, 11) is 0. The summed E-state index contributed by atoms with van der Waals surface area (Å²) in [4.78, 5) is 19.4. The summed E-state index contributed by atoms with van der Waals surface area (Å²) in [6, 6.07) is 18.1. The Morgan fingerprint density at radius 3 is 2.48 bits per heavy atom. The van der Waals surface area contributed by atoms with Crippen LogP contribution in [0.4, 0.5) is 0 Å². The van der Waals surface area contributed by atoms with Crippen LogP contribution in [0.2, 0.25) is 0 Å². The summed E-state index contributed by atoms with van der Waals surface area (Å²) in [6.45, 7) is 3.78. The number of carbonyl (C=O) groups is 1. The lowest BCUT2D eigenvalue weighted by atomic mass is 10.0. The lowest BCUT2D eigenvalue weighted by Crippen LogP contribution is -2.42. The largest absolute Gasteiger partial charge is 0.338 e. The lowest BCUT2D eigenvalue weighted by molar-refractivity contribution is 0.0654. The molecule has 0 radical (unpaired) electrons. The number of hydrogen-bond acceptors (Lipinski definition) is 2. The van der Waals surface area contributed by atoms with Gasteiger partial charge >= 0.3 is 0 Å². The normalized spacial score (nSPS) is 13.9. The van der Waals surface area contributed by atoms with Crippen LogP contribution in [0.25, 0.3) is 22.2 Å². The molecule has 2 heterocycles. The van der Waals surface area contributed by atoms with E-state index < -0.39 is 0 Å². The molecule has 1 aliphatic heterocycles. The molecule has 0 N–H and O–H groups in total. The zero-order valence-electron chi connectivity index (χ0n) is 13.1. The maximum atomic E-state index is 12.8. The van der Waals surface area contributed by atoms with Crippen molar-refractivity contribution in [1.29, 1.82) is 0 Å². The maximum Gasteiger partial charge on any atom is 0.254 e. The fourth-order valence-electron chi connectivity index (χ4n) is 2.91. The van der Waals surface area contributed by atoms with Crippen LogP contribution >= 0.6 is 0 Å². The van der Waals surface area contributed by atoms with Crippen LogP contribution in [0.1, 0.15) is 22.3 Å². The van der Waals surface area contributed by atoms with E-state index in [1.165, 1.54) is 5.56 Å². The Kier molecular flexibility index (Phi) is 3.34. The number of fused-ring (bicyclic) bond motifs is 1. The van der Waals surface area contributed by atoms with Gasteiger partial charge in [-0.15, -0.1) is 0 Å². The van der Waals surface area contributed by atoms with Crippen LogP contribution in [0.15, 0.2) is 54.6 Å². The molecule has 1 amide bonds. The summed E-state index contributed by atoms with van der Waals surface area (Å²) in [5.74, 6) is 0.114. The van der Waals surface area contributed by atoms with Crippen LogP contribution in [0, 0.1) is 6.92 Å². The number of likely N-dealkylation sites (tertiary alicyclic amines) is 1. The number of amides is 1. The average Bonchev–Trinajstić information content (AvgIpc) is 2.53. The summed E-state index contributed by atoms with van der Waals surface area (Å²) < 4.78 is 0. The van der Waals surface area contributed by atoms with Crippen LogP contribution in [0.5, 0.6) is 0 Å². The number of para-hydroxylation sites is 1. The van der Waals surface area contributed by atoms with Gasteiger partial charge in [-0.05, 0) is 25.5 Å². The molecule has 3 nitrogen and oxygen atoms in total. The average molecular weight is 302 g/mol. The Morgan fingerprint density at radius 1 is 1.04 bits per heavy atom. The highest BCUT2D eigenvalue weighted by molar-refractivity contribution is 6.07. The topological polar surface area (TPSA) is 33.2 Å². The second kappa shape index (κ2) is 5.51. The number of rotatable bonds is 2. The minimum atomic E-state index is 0.114. The predicted octanol–water partition coefficient (Wildman–Crippen LogP) is 4.06.